The van der Waals surface area contributed by atoms with E-state index in [1.54, 1.807) is 7.11 Å². The zero-order chi connectivity index (χ0) is 14.5. The summed E-state index contributed by atoms with van der Waals surface area (Å²) in [5.74, 6) is 0.576. The van der Waals surface area contributed by atoms with Crippen molar-refractivity contribution < 1.29 is 9.53 Å². The molecule has 2 rings (SSSR count). The minimum absolute atomic E-state index is 0.0992. The molecule has 1 atom stereocenters. The van der Waals surface area contributed by atoms with E-state index in [0.717, 1.165) is 12.2 Å². The molecular formula is C15H23N3O2. The van der Waals surface area contributed by atoms with E-state index in [9.17, 15) is 4.79 Å². The van der Waals surface area contributed by atoms with Gasteiger partial charge in [-0.05, 0) is 38.6 Å². The molecule has 0 saturated carbocycles. The summed E-state index contributed by atoms with van der Waals surface area (Å²) in [5, 5.41) is 6.29. The normalized spacial score (nSPS) is 19.4. The monoisotopic (exact) mass is 277 g/mol. The standard InChI is InChI=1S/C15H23N3O2/c1-11(19)16-14-7-6-12(9-15(14)20-3)17-13-5-4-8-18(2)10-13/h6-7,9,13,17H,4-5,8,10H2,1-3H3,(H,16,19). The molecule has 1 aliphatic rings. The number of hydrogen-bond acceptors (Lipinski definition) is 4. The third-order valence-corrected chi connectivity index (χ3v) is 3.51. The van der Waals surface area contributed by atoms with Gasteiger partial charge in [-0.15, -0.1) is 0 Å². The molecule has 20 heavy (non-hydrogen) atoms. The number of amides is 1. The van der Waals surface area contributed by atoms with Crippen molar-refractivity contribution in [2.24, 2.45) is 0 Å². The van der Waals surface area contributed by atoms with Crippen molar-refractivity contribution in [2.45, 2.75) is 25.8 Å². The first-order chi connectivity index (χ1) is 9.58. The number of hydrogen-bond donors (Lipinski definition) is 2. The molecule has 0 bridgehead atoms. The number of likely N-dealkylation sites (tertiary alicyclic amines) is 1. The highest BCUT2D eigenvalue weighted by Gasteiger charge is 2.17. The molecule has 0 aromatic heterocycles. The summed E-state index contributed by atoms with van der Waals surface area (Å²) in [6.45, 7) is 3.71. The number of carbonyl (C=O) groups excluding carboxylic acids is 1. The number of piperidine rings is 1. The quantitative estimate of drug-likeness (QED) is 0.885. The summed E-state index contributed by atoms with van der Waals surface area (Å²) in [6.07, 6.45) is 2.40. The van der Waals surface area contributed by atoms with E-state index >= 15 is 0 Å². The first-order valence-electron chi connectivity index (χ1n) is 6.99. The van der Waals surface area contributed by atoms with E-state index in [1.807, 2.05) is 18.2 Å². The highest BCUT2D eigenvalue weighted by molar-refractivity contribution is 5.90. The van der Waals surface area contributed by atoms with Gasteiger partial charge in [-0.3, -0.25) is 4.79 Å². The largest absolute Gasteiger partial charge is 0.494 e. The van der Waals surface area contributed by atoms with Gasteiger partial charge in [0.2, 0.25) is 5.91 Å². The summed E-state index contributed by atoms with van der Waals surface area (Å²) >= 11 is 0. The third-order valence-electron chi connectivity index (χ3n) is 3.51. The Morgan fingerprint density at radius 3 is 2.90 bits per heavy atom. The summed E-state index contributed by atoms with van der Waals surface area (Å²) in [5.41, 5.74) is 1.72. The molecule has 1 amide bonds. The van der Waals surface area contributed by atoms with Crippen LogP contribution >= 0.6 is 0 Å². The second-order valence-corrected chi connectivity index (χ2v) is 5.34. The first-order valence-corrected chi connectivity index (χ1v) is 6.99. The molecule has 5 heteroatoms. The van der Waals surface area contributed by atoms with Crippen LogP contribution in [-0.4, -0.2) is 44.1 Å². The van der Waals surface area contributed by atoms with Crippen molar-refractivity contribution in [3.05, 3.63) is 18.2 Å². The predicted molar refractivity (Wildman–Crippen MR) is 81.4 cm³/mol. The van der Waals surface area contributed by atoms with Gasteiger partial charge < -0.3 is 20.3 Å². The second-order valence-electron chi connectivity index (χ2n) is 5.34. The highest BCUT2D eigenvalue weighted by atomic mass is 16.5. The van der Waals surface area contributed by atoms with Crippen LogP contribution in [-0.2, 0) is 4.79 Å². The molecule has 0 aliphatic carbocycles. The van der Waals surface area contributed by atoms with Gasteiger partial charge in [0, 0.05) is 31.3 Å². The van der Waals surface area contributed by atoms with Gasteiger partial charge in [-0.1, -0.05) is 0 Å². The molecular weight excluding hydrogens is 254 g/mol. The van der Waals surface area contributed by atoms with Gasteiger partial charge in [-0.2, -0.15) is 0 Å². The second kappa shape index (κ2) is 6.61. The number of anilines is 2. The first kappa shape index (κ1) is 14.7. The Labute approximate surface area is 120 Å². The SMILES string of the molecule is COc1cc(NC2CCCN(C)C2)ccc1NC(C)=O. The zero-order valence-electron chi connectivity index (χ0n) is 12.4. The van der Waals surface area contributed by atoms with E-state index in [-0.39, 0.29) is 5.91 Å². The lowest BCUT2D eigenvalue weighted by Crippen LogP contribution is -2.39. The molecule has 1 saturated heterocycles. The Morgan fingerprint density at radius 2 is 2.25 bits per heavy atom. The van der Waals surface area contributed by atoms with Crippen molar-refractivity contribution in [1.29, 1.82) is 0 Å². The van der Waals surface area contributed by atoms with Crippen LogP contribution in [0.1, 0.15) is 19.8 Å². The minimum Gasteiger partial charge on any atom is -0.494 e. The smallest absolute Gasteiger partial charge is 0.221 e. The molecule has 1 aromatic rings. The van der Waals surface area contributed by atoms with Gasteiger partial charge in [0.05, 0.1) is 12.8 Å². The maximum Gasteiger partial charge on any atom is 0.221 e. The molecule has 1 aliphatic heterocycles. The number of benzene rings is 1. The lowest BCUT2D eigenvalue weighted by atomic mass is 10.1. The molecule has 1 unspecified atom stereocenters. The fourth-order valence-corrected chi connectivity index (χ4v) is 2.59. The number of likely N-dealkylation sites (N-methyl/N-ethyl adjacent to an activating group) is 1. The number of rotatable bonds is 4. The van der Waals surface area contributed by atoms with Crippen LogP contribution in [0, 0.1) is 0 Å². The predicted octanol–water partition coefficient (Wildman–Crippen LogP) is 2.16. The molecule has 1 aromatic carbocycles. The minimum atomic E-state index is -0.0992. The fourth-order valence-electron chi connectivity index (χ4n) is 2.59. The number of nitrogens with zero attached hydrogens (tertiary/aromatic N) is 1. The average molecular weight is 277 g/mol. The van der Waals surface area contributed by atoms with Crippen molar-refractivity contribution in [1.82, 2.24) is 4.90 Å². The molecule has 0 spiro atoms. The summed E-state index contributed by atoms with van der Waals surface area (Å²) in [7, 11) is 3.76. The van der Waals surface area contributed by atoms with Crippen LogP contribution in [0.25, 0.3) is 0 Å². The maximum atomic E-state index is 11.1. The van der Waals surface area contributed by atoms with Crippen LogP contribution in [0.4, 0.5) is 11.4 Å². The third kappa shape index (κ3) is 3.87. The number of ether oxygens (including phenoxy) is 1. The fraction of sp³-hybridized carbons (Fsp3) is 0.533. The van der Waals surface area contributed by atoms with Crippen molar-refractivity contribution in [3.63, 3.8) is 0 Å². The molecule has 1 fully saturated rings. The van der Waals surface area contributed by atoms with Crippen molar-refractivity contribution in [3.8, 4) is 5.75 Å². The van der Waals surface area contributed by atoms with E-state index in [2.05, 4.69) is 22.6 Å². The number of nitrogens with one attached hydrogen (secondary N) is 2. The molecule has 1 heterocycles. The maximum absolute atomic E-state index is 11.1. The number of carbonyl (C=O) groups is 1. The van der Waals surface area contributed by atoms with Crippen molar-refractivity contribution >= 4 is 17.3 Å². The average Bonchev–Trinajstić information content (AvgIpc) is 2.40. The van der Waals surface area contributed by atoms with E-state index in [1.165, 1.54) is 26.3 Å². The van der Waals surface area contributed by atoms with Gasteiger partial charge >= 0.3 is 0 Å². The Kier molecular flexibility index (Phi) is 4.84. The van der Waals surface area contributed by atoms with Crippen LogP contribution in [0.2, 0.25) is 0 Å². The Bertz CT molecular complexity index is 476. The van der Waals surface area contributed by atoms with Gasteiger partial charge in [-0.25, -0.2) is 0 Å². The van der Waals surface area contributed by atoms with E-state index in [0.29, 0.717) is 17.5 Å². The topological polar surface area (TPSA) is 53.6 Å². The lowest BCUT2D eigenvalue weighted by Gasteiger charge is -2.31. The molecule has 110 valence electrons. The van der Waals surface area contributed by atoms with Crippen LogP contribution < -0.4 is 15.4 Å². The number of methoxy groups -OCH3 is 1. The summed E-state index contributed by atoms with van der Waals surface area (Å²) < 4.78 is 5.33. The summed E-state index contributed by atoms with van der Waals surface area (Å²) in [4.78, 5) is 13.5. The van der Waals surface area contributed by atoms with Crippen molar-refractivity contribution in [2.75, 3.05) is 37.9 Å². The Hall–Kier alpha value is -1.75. The van der Waals surface area contributed by atoms with Gasteiger partial charge in [0.25, 0.3) is 0 Å². The molecule has 5 nitrogen and oxygen atoms in total. The van der Waals surface area contributed by atoms with Gasteiger partial charge in [0.15, 0.2) is 0 Å². The van der Waals surface area contributed by atoms with Crippen LogP contribution in [0.3, 0.4) is 0 Å². The van der Waals surface area contributed by atoms with E-state index in [4.69, 9.17) is 4.74 Å². The Balaban J connectivity index is 2.07. The highest BCUT2D eigenvalue weighted by Crippen LogP contribution is 2.28. The lowest BCUT2D eigenvalue weighted by molar-refractivity contribution is -0.114. The van der Waals surface area contributed by atoms with Crippen LogP contribution in [0.15, 0.2) is 18.2 Å². The molecule has 2 N–H and O–H groups in total. The van der Waals surface area contributed by atoms with E-state index < -0.39 is 0 Å². The van der Waals surface area contributed by atoms with Gasteiger partial charge in [0.1, 0.15) is 5.75 Å². The summed E-state index contributed by atoms with van der Waals surface area (Å²) in [6, 6.07) is 6.24. The molecule has 0 radical (unpaired) electrons. The Morgan fingerprint density at radius 1 is 1.45 bits per heavy atom. The van der Waals surface area contributed by atoms with Crippen LogP contribution in [0.5, 0.6) is 5.75 Å². The zero-order valence-corrected chi connectivity index (χ0v) is 12.4.